The van der Waals surface area contributed by atoms with Gasteiger partial charge in [-0.2, -0.15) is 0 Å². The molecule has 4 heterocycles. The third kappa shape index (κ3) is 3.37. The second kappa shape index (κ2) is 7.99. The fourth-order valence-corrected chi connectivity index (χ4v) is 5.04. The van der Waals surface area contributed by atoms with Crippen LogP contribution in [-0.4, -0.2) is 73.1 Å². The molecule has 2 aromatic carbocycles. The standard InChI is InChI=1S/C26H25N3O5/c1-32-25(31)28-13-17(14-28)15-29-23(27-26(24(29)30)9-11-33-16-26)19-4-2-18(3-5-19)20-6-7-22-21(12-20)8-10-34-22/h2-8,10,12,17H,9,11,13-16H2,1H3. The minimum absolute atomic E-state index is 0.00833. The van der Waals surface area contributed by atoms with Crippen molar-refractivity contribution in [2.24, 2.45) is 10.9 Å². The SMILES string of the molecule is COC(=O)N1CC(CN2C(=O)C3(CCOC3)N=C2c2ccc(-c3ccc4occc4c3)cc2)C1. The molecule has 0 radical (unpaired) electrons. The van der Waals surface area contributed by atoms with Gasteiger partial charge < -0.3 is 18.8 Å². The molecule has 8 heteroatoms. The summed E-state index contributed by atoms with van der Waals surface area (Å²) in [5.74, 6) is 0.863. The quantitative estimate of drug-likeness (QED) is 0.596. The third-order valence-corrected chi connectivity index (χ3v) is 6.98. The number of ether oxygens (including phenoxy) is 2. The van der Waals surface area contributed by atoms with E-state index in [0.717, 1.165) is 27.7 Å². The zero-order chi connectivity index (χ0) is 23.3. The number of aliphatic imine (C=N–C) groups is 1. The molecule has 0 saturated carbocycles. The van der Waals surface area contributed by atoms with Gasteiger partial charge in [0.05, 0.1) is 20.0 Å². The number of carbonyl (C=O) groups is 2. The number of hydrogen-bond acceptors (Lipinski definition) is 6. The van der Waals surface area contributed by atoms with Crippen LogP contribution in [0.4, 0.5) is 4.79 Å². The van der Waals surface area contributed by atoms with E-state index in [2.05, 4.69) is 18.2 Å². The molecule has 3 aromatic rings. The predicted molar refractivity (Wildman–Crippen MR) is 126 cm³/mol. The van der Waals surface area contributed by atoms with E-state index in [9.17, 15) is 9.59 Å². The fraction of sp³-hybridized carbons (Fsp3) is 0.346. The Morgan fingerprint density at radius 1 is 1.12 bits per heavy atom. The second-order valence-electron chi connectivity index (χ2n) is 9.18. The topological polar surface area (TPSA) is 84.6 Å². The molecule has 6 rings (SSSR count). The Bertz CT molecular complexity index is 1280. The number of amides is 2. The van der Waals surface area contributed by atoms with E-state index in [1.165, 1.54) is 7.11 Å². The fourth-order valence-electron chi connectivity index (χ4n) is 5.04. The number of benzene rings is 2. The van der Waals surface area contributed by atoms with Gasteiger partial charge in [0.2, 0.25) is 0 Å². The van der Waals surface area contributed by atoms with Crippen molar-refractivity contribution in [3.8, 4) is 11.1 Å². The minimum Gasteiger partial charge on any atom is -0.464 e. The van der Waals surface area contributed by atoms with Gasteiger partial charge >= 0.3 is 6.09 Å². The summed E-state index contributed by atoms with van der Waals surface area (Å²) in [4.78, 5) is 33.5. The maximum atomic E-state index is 13.5. The number of hydrogen-bond donors (Lipinski definition) is 0. The number of methoxy groups -OCH3 is 1. The Balaban J connectivity index is 1.26. The van der Waals surface area contributed by atoms with Crippen LogP contribution in [0.5, 0.6) is 0 Å². The Hall–Kier alpha value is -3.65. The van der Waals surface area contributed by atoms with Crippen LogP contribution in [-0.2, 0) is 14.3 Å². The molecule has 8 nitrogen and oxygen atoms in total. The average molecular weight is 460 g/mol. The molecule has 0 N–H and O–H groups in total. The Kier molecular flexibility index (Phi) is 4.91. The van der Waals surface area contributed by atoms with Crippen molar-refractivity contribution in [1.82, 2.24) is 9.80 Å². The molecular weight excluding hydrogens is 434 g/mol. The molecule has 3 aliphatic rings. The van der Waals surface area contributed by atoms with E-state index in [1.54, 1.807) is 16.1 Å². The lowest BCUT2D eigenvalue weighted by molar-refractivity contribution is -0.132. The van der Waals surface area contributed by atoms with Crippen molar-refractivity contribution < 1.29 is 23.5 Å². The van der Waals surface area contributed by atoms with Crippen molar-refractivity contribution in [2.75, 3.05) is 40.0 Å². The largest absolute Gasteiger partial charge is 0.464 e. The molecular formula is C26H25N3O5. The first-order valence-electron chi connectivity index (χ1n) is 11.5. The zero-order valence-corrected chi connectivity index (χ0v) is 18.9. The monoisotopic (exact) mass is 459 g/mol. The summed E-state index contributed by atoms with van der Waals surface area (Å²) in [6.45, 7) is 2.51. The van der Waals surface area contributed by atoms with Crippen LogP contribution in [0.15, 0.2) is 64.2 Å². The average Bonchev–Trinajstić information content (AvgIpc) is 3.56. The smallest absolute Gasteiger partial charge is 0.409 e. The number of rotatable bonds is 4. The molecule has 0 bridgehead atoms. The van der Waals surface area contributed by atoms with Crippen LogP contribution in [0, 0.1) is 5.92 Å². The molecule has 174 valence electrons. The lowest BCUT2D eigenvalue weighted by Crippen LogP contribution is -2.55. The Labute approximate surface area is 196 Å². The normalized spacial score (nSPS) is 22.5. The molecule has 3 aliphatic heterocycles. The molecule has 0 aliphatic carbocycles. The highest BCUT2D eigenvalue weighted by Crippen LogP contribution is 2.35. The number of likely N-dealkylation sites (tertiary alicyclic amines) is 1. The molecule has 1 unspecified atom stereocenters. The lowest BCUT2D eigenvalue weighted by atomic mass is 9.96. The number of amidine groups is 1. The van der Waals surface area contributed by atoms with Gasteiger partial charge in [-0.1, -0.05) is 30.3 Å². The number of nitrogens with zero attached hydrogens (tertiary/aromatic N) is 3. The van der Waals surface area contributed by atoms with Crippen LogP contribution in [0.1, 0.15) is 12.0 Å². The van der Waals surface area contributed by atoms with E-state index in [0.29, 0.717) is 45.1 Å². The lowest BCUT2D eigenvalue weighted by Gasteiger charge is -2.40. The zero-order valence-electron chi connectivity index (χ0n) is 18.9. The molecule has 1 atom stereocenters. The van der Waals surface area contributed by atoms with E-state index in [1.807, 2.05) is 30.3 Å². The number of fused-ring (bicyclic) bond motifs is 1. The first-order valence-corrected chi connectivity index (χ1v) is 11.5. The highest BCUT2D eigenvalue weighted by Gasteiger charge is 2.52. The van der Waals surface area contributed by atoms with Crippen LogP contribution in [0.25, 0.3) is 22.1 Å². The van der Waals surface area contributed by atoms with Gasteiger partial charge in [-0.05, 0) is 29.3 Å². The van der Waals surface area contributed by atoms with Crippen LogP contribution < -0.4 is 0 Å². The van der Waals surface area contributed by atoms with Crippen LogP contribution in [0.3, 0.4) is 0 Å². The summed E-state index contributed by atoms with van der Waals surface area (Å²) in [5.41, 5.74) is 3.11. The van der Waals surface area contributed by atoms with Crippen molar-refractivity contribution >= 4 is 28.8 Å². The number of furan rings is 1. The molecule has 1 spiro atoms. The van der Waals surface area contributed by atoms with Crippen LogP contribution >= 0.6 is 0 Å². The van der Waals surface area contributed by atoms with Crippen molar-refractivity contribution in [3.05, 3.63) is 60.4 Å². The molecule has 34 heavy (non-hydrogen) atoms. The highest BCUT2D eigenvalue weighted by atomic mass is 16.5. The highest BCUT2D eigenvalue weighted by molar-refractivity contribution is 6.15. The van der Waals surface area contributed by atoms with E-state index < -0.39 is 5.54 Å². The minimum atomic E-state index is -0.827. The van der Waals surface area contributed by atoms with Gasteiger partial charge in [0.25, 0.3) is 5.91 Å². The van der Waals surface area contributed by atoms with Gasteiger partial charge in [-0.15, -0.1) is 0 Å². The summed E-state index contributed by atoms with van der Waals surface area (Å²) < 4.78 is 15.8. The maximum absolute atomic E-state index is 13.5. The van der Waals surface area contributed by atoms with Gasteiger partial charge in [-0.25, -0.2) is 9.79 Å². The summed E-state index contributed by atoms with van der Waals surface area (Å²) in [6.07, 6.45) is 1.95. The summed E-state index contributed by atoms with van der Waals surface area (Å²) in [6, 6.07) is 16.2. The first kappa shape index (κ1) is 20.9. The van der Waals surface area contributed by atoms with Gasteiger partial charge in [0.15, 0.2) is 5.54 Å². The molecule has 2 amide bonds. The van der Waals surface area contributed by atoms with Gasteiger partial charge in [0, 0.05) is 49.5 Å². The molecule has 2 fully saturated rings. The predicted octanol–water partition coefficient (Wildman–Crippen LogP) is 3.55. The van der Waals surface area contributed by atoms with Crippen molar-refractivity contribution in [3.63, 3.8) is 0 Å². The van der Waals surface area contributed by atoms with Crippen molar-refractivity contribution in [2.45, 2.75) is 12.0 Å². The van der Waals surface area contributed by atoms with E-state index in [-0.39, 0.29) is 17.9 Å². The maximum Gasteiger partial charge on any atom is 0.409 e. The van der Waals surface area contributed by atoms with Gasteiger partial charge in [0.1, 0.15) is 11.4 Å². The van der Waals surface area contributed by atoms with Gasteiger partial charge in [-0.3, -0.25) is 9.69 Å². The summed E-state index contributed by atoms with van der Waals surface area (Å²) in [7, 11) is 1.38. The third-order valence-electron chi connectivity index (χ3n) is 6.98. The summed E-state index contributed by atoms with van der Waals surface area (Å²) in [5, 5.41) is 1.06. The molecule has 2 saturated heterocycles. The first-order chi connectivity index (χ1) is 16.6. The second-order valence-corrected chi connectivity index (χ2v) is 9.18. The number of carbonyl (C=O) groups excluding carboxylic acids is 2. The van der Waals surface area contributed by atoms with E-state index >= 15 is 0 Å². The van der Waals surface area contributed by atoms with Crippen LogP contribution in [0.2, 0.25) is 0 Å². The molecule has 1 aromatic heterocycles. The Morgan fingerprint density at radius 3 is 2.62 bits per heavy atom. The van der Waals surface area contributed by atoms with E-state index in [4.69, 9.17) is 18.9 Å². The Morgan fingerprint density at radius 2 is 1.88 bits per heavy atom. The summed E-state index contributed by atoms with van der Waals surface area (Å²) >= 11 is 0. The van der Waals surface area contributed by atoms with Crippen molar-refractivity contribution in [1.29, 1.82) is 0 Å².